The van der Waals surface area contributed by atoms with Gasteiger partial charge in [0.15, 0.2) is 17.2 Å². The molecular formula is C19H13INO6-. The highest BCUT2D eigenvalue weighted by Gasteiger charge is 2.24. The van der Waals surface area contributed by atoms with Gasteiger partial charge in [0.25, 0.3) is 0 Å². The normalized spacial score (nSPS) is 14.7. The smallest absolute Gasteiger partial charge is 0.363 e. The number of cyclic esters (lactones) is 1. The van der Waals surface area contributed by atoms with Gasteiger partial charge < -0.3 is 24.1 Å². The predicted molar refractivity (Wildman–Crippen MR) is 103 cm³/mol. The summed E-state index contributed by atoms with van der Waals surface area (Å²) >= 11 is 1.99. The Kier molecular flexibility index (Phi) is 5.75. The van der Waals surface area contributed by atoms with Crippen molar-refractivity contribution in [1.29, 1.82) is 0 Å². The number of nitrogens with zero attached hydrogens (tertiary/aromatic N) is 1. The van der Waals surface area contributed by atoms with Gasteiger partial charge in [0.1, 0.15) is 6.61 Å². The second-order valence-corrected chi connectivity index (χ2v) is 6.56. The number of halogens is 1. The first-order valence-electron chi connectivity index (χ1n) is 7.76. The van der Waals surface area contributed by atoms with E-state index in [0.717, 1.165) is 0 Å². The SMILES string of the molecule is COc1cc(/C=C2\N=C(c3ccccc3)OC2=O)cc(I)c1OCC(=O)[O-]. The molecule has 0 spiro atoms. The third-order valence-electron chi connectivity index (χ3n) is 3.53. The van der Waals surface area contributed by atoms with Gasteiger partial charge >= 0.3 is 5.97 Å². The Bertz CT molecular complexity index is 952. The largest absolute Gasteiger partial charge is 0.546 e. The molecule has 0 radical (unpaired) electrons. The Morgan fingerprint density at radius 1 is 1.30 bits per heavy atom. The first-order chi connectivity index (χ1) is 13.0. The summed E-state index contributed by atoms with van der Waals surface area (Å²) in [4.78, 5) is 27.0. The average Bonchev–Trinajstić information content (AvgIpc) is 3.01. The average molecular weight is 478 g/mol. The van der Waals surface area contributed by atoms with E-state index in [-0.39, 0.29) is 17.3 Å². The lowest BCUT2D eigenvalue weighted by Crippen LogP contribution is -2.29. The summed E-state index contributed by atoms with van der Waals surface area (Å²) in [6.07, 6.45) is 1.56. The number of ether oxygens (including phenoxy) is 3. The van der Waals surface area contributed by atoms with Gasteiger partial charge in [0.05, 0.1) is 16.6 Å². The number of hydrogen-bond donors (Lipinski definition) is 0. The molecule has 0 atom stereocenters. The maximum Gasteiger partial charge on any atom is 0.363 e. The molecule has 0 unspecified atom stereocenters. The molecule has 1 aliphatic rings. The molecule has 3 rings (SSSR count). The third kappa shape index (κ3) is 4.45. The highest BCUT2D eigenvalue weighted by atomic mass is 127. The minimum Gasteiger partial charge on any atom is -0.546 e. The number of carboxylic acids is 1. The Morgan fingerprint density at radius 2 is 2.04 bits per heavy atom. The number of carbonyl (C=O) groups excluding carboxylic acids is 2. The van der Waals surface area contributed by atoms with Crippen LogP contribution in [-0.2, 0) is 14.3 Å². The van der Waals surface area contributed by atoms with Crippen molar-refractivity contribution in [3.05, 3.63) is 62.9 Å². The molecule has 0 bridgehead atoms. The van der Waals surface area contributed by atoms with Crippen LogP contribution in [0.2, 0.25) is 0 Å². The van der Waals surface area contributed by atoms with Crippen molar-refractivity contribution in [2.75, 3.05) is 13.7 Å². The third-order valence-corrected chi connectivity index (χ3v) is 4.33. The maximum absolute atomic E-state index is 12.1. The lowest BCUT2D eigenvalue weighted by atomic mass is 10.1. The first-order valence-corrected chi connectivity index (χ1v) is 8.84. The fourth-order valence-corrected chi connectivity index (χ4v) is 3.15. The van der Waals surface area contributed by atoms with E-state index < -0.39 is 18.5 Å². The number of aliphatic carboxylic acids is 1. The monoisotopic (exact) mass is 478 g/mol. The molecule has 0 aliphatic carbocycles. The van der Waals surface area contributed by atoms with Crippen LogP contribution >= 0.6 is 22.6 Å². The lowest BCUT2D eigenvalue weighted by molar-refractivity contribution is -0.307. The van der Waals surface area contributed by atoms with Crippen molar-refractivity contribution < 1.29 is 28.9 Å². The molecule has 0 fully saturated rings. The zero-order chi connectivity index (χ0) is 19.4. The summed E-state index contributed by atoms with van der Waals surface area (Å²) in [6, 6.07) is 12.4. The van der Waals surface area contributed by atoms with Crippen molar-refractivity contribution >= 4 is 46.5 Å². The first kappa shape index (κ1) is 18.9. The quantitative estimate of drug-likeness (QED) is 0.357. The highest BCUT2D eigenvalue weighted by molar-refractivity contribution is 14.1. The van der Waals surface area contributed by atoms with Gasteiger partial charge in [0.2, 0.25) is 5.90 Å². The van der Waals surface area contributed by atoms with Crippen LogP contribution in [0.3, 0.4) is 0 Å². The summed E-state index contributed by atoms with van der Waals surface area (Å²) < 4.78 is 16.3. The highest BCUT2D eigenvalue weighted by Crippen LogP contribution is 2.35. The van der Waals surface area contributed by atoms with Crippen molar-refractivity contribution in [2.45, 2.75) is 0 Å². The topological polar surface area (TPSA) is 97.2 Å². The molecule has 7 nitrogen and oxygen atoms in total. The van der Waals surface area contributed by atoms with Gasteiger partial charge in [-0.3, -0.25) is 0 Å². The molecule has 0 amide bonds. The Hall–Kier alpha value is -2.88. The van der Waals surface area contributed by atoms with Crippen LogP contribution in [0, 0.1) is 3.57 Å². The van der Waals surface area contributed by atoms with Gasteiger partial charge in [-0.25, -0.2) is 9.79 Å². The molecule has 2 aromatic carbocycles. The molecule has 0 saturated heterocycles. The van der Waals surface area contributed by atoms with Gasteiger partial charge in [-0.05, 0) is 58.5 Å². The second-order valence-electron chi connectivity index (χ2n) is 5.40. The van der Waals surface area contributed by atoms with Crippen molar-refractivity contribution in [1.82, 2.24) is 0 Å². The fourth-order valence-electron chi connectivity index (χ4n) is 2.37. The predicted octanol–water partition coefficient (Wildman–Crippen LogP) is 1.77. The molecular weight excluding hydrogens is 465 g/mol. The minimum atomic E-state index is -1.34. The number of hydrogen-bond acceptors (Lipinski definition) is 7. The van der Waals surface area contributed by atoms with E-state index in [0.29, 0.717) is 20.4 Å². The van der Waals surface area contributed by atoms with E-state index in [1.807, 2.05) is 40.8 Å². The number of aliphatic imine (C=N–C) groups is 1. The molecule has 1 aliphatic heterocycles. The molecule has 1 heterocycles. The molecule has 8 heteroatoms. The van der Waals surface area contributed by atoms with Crippen molar-refractivity contribution in [3.63, 3.8) is 0 Å². The lowest BCUT2D eigenvalue weighted by Gasteiger charge is -2.13. The molecule has 0 saturated carbocycles. The maximum atomic E-state index is 12.1. The second kappa shape index (κ2) is 8.21. The van der Waals surface area contributed by atoms with E-state index in [1.165, 1.54) is 7.11 Å². The van der Waals surface area contributed by atoms with Crippen LogP contribution in [0.1, 0.15) is 11.1 Å². The van der Waals surface area contributed by atoms with E-state index >= 15 is 0 Å². The molecule has 0 aromatic heterocycles. The molecule has 27 heavy (non-hydrogen) atoms. The number of carbonyl (C=O) groups is 2. The van der Waals surface area contributed by atoms with E-state index in [2.05, 4.69) is 4.99 Å². The zero-order valence-electron chi connectivity index (χ0n) is 14.1. The van der Waals surface area contributed by atoms with E-state index in [1.54, 1.807) is 30.3 Å². The Labute approximate surface area is 168 Å². The number of methoxy groups -OCH3 is 1. The van der Waals surface area contributed by atoms with Crippen LogP contribution in [-0.4, -0.2) is 31.6 Å². The van der Waals surface area contributed by atoms with Crippen LogP contribution in [0.25, 0.3) is 6.08 Å². The zero-order valence-corrected chi connectivity index (χ0v) is 16.3. The van der Waals surface area contributed by atoms with E-state index in [4.69, 9.17) is 14.2 Å². The van der Waals surface area contributed by atoms with Gasteiger partial charge in [-0.2, -0.15) is 0 Å². The number of carboxylic acid groups (broad SMARTS) is 1. The standard InChI is InChI=1S/C19H14INO6/c1-25-15-9-11(7-13(20)17(15)26-10-16(22)23)8-14-19(24)27-18(21-14)12-5-3-2-4-6-12/h2-9H,10H2,1H3,(H,22,23)/p-1/b14-8-. The van der Waals surface area contributed by atoms with E-state index in [9.17, 15) is 14.7 Å². The summed E-state index contributed by atoms with van der Waals surface area (Å²) in [7, 11) is 1.43. The summed E-state index contributed by atoms with van der Waals surface area (Å²) in [5, 5.41) is 10.6. The Balaban J connectivity index is 1.92. The number of benzene rings is 2. The number of esters is 1. The van der Waals surface area contributed by atoms with Gasteiger partial charge in [0, 0.05) is 5.56 Å². The van der Waals surface area contributed by atoms with Crippen molar-refractivity contribution in [3.8, 4) is 11.5 Å². The Morgan fingerprint density at radius 3 is 2.70 bits per heavy atom. The summed E-state index contributed by atoms with van der Waals surface area (Å²) in [5.74, 6) is -1.04. The minimum absolute atomic E-state index is 0.148. The van der Waals surface area contributed by atoms with Crippen LogP contribution < -0.4 is 14.6 Å². The van der Waals surface area contributed by atoms with Gasteiger partial charge in [-0.1, -0.05) is 18.2 Å². The van der Waals surface area contributed by atoms with Gasteiger partial charge in [-0.15, -0.1) is 0 Å². The molecule has 138 valence electrons. The van der Waals surface area contributed by atoms with Crippen LogP contribution in [0.5, 0.6) is 11.5 Å². The molecule has 0 N–H and O–H groups in total. The number of rotatable bonds is 6. The van der Waals surface area contributed by atoms with Crippen molar-refractivity contribution in [2.24, 2.45) is 4.99 Å². The molecule has 2 aromatic rings. The fraction of sp³-hybridized carbons (Fsp3) is 0.105. The van der Waals surface area contributed by atoms with Crippen LogP contribution in [0.4, 0.5) is 0 Å². The van der Waals surface area contributed by atoms with Crippen LogP contribution in [0.15, 0.2) is 53.2 Å². The summed E-state index contributed by atoms with van der Waals surface area (Å²) in [6.45, 7) is -0.593. The summed E-state index contributed by atoms with van der Waals surface area (Å²) in [5.41, 5.74) is 1.48.